The molecule has 0 aliphatic carbocycles. The molecule has 2 amide bonds. The molecular formula is C26H33F3N4O5. The Morgan fingerprint density at radius 1 is 1.16 bits per heavy atom. The summed E-state index contributed by atoms with van der Waals surface area (Å²) < 4.78 is 53.7. The average Bonchev–Trinajstić information content (AvgIpc) is 3.19. The third kappa shape index (κ3) is 6.61. The summed E-state index contributed by atoms with van der Waals surface area (Å²) in [6.45, 7) is 11.4. The van der Waals surface area contributed by atoms with Gasteiger partial charge in [-0.25, -0.2) is 23.6 Å². The molecule has 2 N–H and O–H groups in total. The van der Waals surface area contributed by atoms with Crippen molar-refractivity contribution in [3.63, 3.8) is 0 Å². The number of carbonyl (C=O) groups is 2. The van der Waals surface area contributed by atoms with Crippen LogP contribution in [0.25, 0.3) is 0 Å². The maximum absolute atomic E-state index is 14.7. The Bertz CT molecular complexity index is 1190. The van der Waals surface area contributed by atoms with Crippen molar-refractivity contribution in [3.05, 3.63) is 52.5 Å². The minimum atomic E-state index is -1.71. The summed E-state index contributed by atoms with van der Waals surface area (Å²) >= 11 is 0. The van der Waals surface area contributed by atoms with Gasteiger partial charge in [0, 0.05) is 19.3 Å². The third-order valence-corrected chi connectivity index (χ3v) is 5.90. The summed E-state index contributed by atoms with van der Waals surface area (Å²) in [6, 6.07) is 2.40. The molecule has 2 aliphatic rings. The van der Waals surface area contributed by atoms with Crippen LogP contribution in [0, 0.1) is 37.2 Å². The van der Waals surface area contributed by atoms with E-state index in [0.717, 1.165) is 5.56 Å². The van der Waals surface area contributed by atoms with Crippen LogP contribution in [0.1, 0.15) is 49.2 Å². The van der Waals surface area contributed by atoms with Crippen molar-refractivity contribution in [2.45, 2.75) is 53.4 Å². The Hall–Kier alpha value is -3.22. The number of carbonyl (C=O) groups excluding carboxylic acids is 2. The van der Waals surface area contributed by atoms with Crippen LogP contribution < -0.4 is 10.8 Å². The summed E-state index contributed by atoms with van der Waals surface area (Å²) in [6.07, 6.45) is 1.18. The molecular weight excluding hydrogens is 505 g/mol. The lowest BCUT2D eigenvalue weighted by molar-refractivity contribution is -0.156. The van der Waals surface area contributed by atoms with E-state index in [2.05, 4.69) is 15.8 Å². The topological polar surface area (TPSA) is 102 Å². The van der Waals surface area contributed by atoms with Crippen LogP contribution in [0.3, 0.4) is 0 Å². The van der Waals surface area contributed by atoms with Gasteiger partial charge in [0.15, 0.2) is 23.2 Å². The quantitative estimate of drug-likeness (QED) is 0.403. The number of pyridine rings is 1. The number of hydrogen-bond acceptors (Lipinski definition) is 7. The van der Waals surface area contributed by atoms with E-state index < -0.39 is 52.2 Å². The molecule has 1 atom stereocenters. The fourth-order valence-electron chi connectivity index (χ4n) is 3.97. The zero-order chi connectivity index (χ0) is 28.2. The van der Waals surface area contributed by atoms with Crippen molar-refractivity contribution in [1.82, 2.24) is 15.4 Å². The van der Waals surface area contributed by atoms with Crippen LogP contribution in [0.2, 0.25) is 0 Å². The SMILES string of the molecule is CC.Cc1cnc(Nc2c(C(=O)N3CC(C(=O)NOCC4COC(C)(C)O4)C3)cc(F)c(F)c2F)c(C)c1. The second kappa shape index (κ2) is 12.1. The Morgan fingerprint density at radius 2 is 1.84 bits per heavy atom. The van der Waals surface area contributed by atoms with Crippen molar-refractivity contribution in [2.75, 3.05) is 31.6 Å². The Labute approximate surface area is 219 Å². The van der Waals surface area contributed by atoms with Crippen LogP contribution >= 0.6 is 0 Å². The fraction of sp³-hybridized carbons (Fsp3) is 0.500. The molecule has 2 fully saturated rings. The van der Waals surface area contributed by atoms with Gasteiger partial charge < -0.3 is 19.7 Å². The summed E-state index contributed by atoms with van der Waals surface area (Å²) in [5, 5.41) is 2.62. The van der Waals surface area contributed by atoms with E-state index in [0.29, 0.717) is 18.2 Å². The molecule has 2 aliphatic heterocycles. The van der Waals surface area contributed by atoms with E-state index in [9.17, 15) is 22.8 Å². The number of aryl methyl sites for hydroxylation is 2. The van der Waals surface area contributed by atoms with Crippen molar-refractivity contribution in [1.29, 1.82) is 0 Å². The first-order valence-corrected chi connectivity index (χ1v) is 12.4. The largest absolute Gasteiger partial charge is 0.348 e. The molecule has 1 aromatic heterocycles. The van der Waals surface area contributed by atoms with Crippen LogP contribution in [0.15, 0.2) is 18.3 Å². The van der Waals surface area contributed by atoms with Crippen molar-refractivity contribution >= 4 is 23.3 Å². The van der Waals surface area contributed by atoms with Crippen molar-refractivity contribution < 1.29 is 37.1 Å². The molecule has 3 heterocycles. The lowest BCUT2D eigenvalue weighted by Crippen LogP contribution is -2.56. The van der Waals surface area contributed by atoms with E-state index in [4.69, 9.17) is 14.3 Å². The van der Waals surface area contributed by atoms with Gasteiger partial charge in [0.2, 0.25) is 5.91 Å². The van der Waals surface area contributed by atoms with Gasteiger partial charge in [-0.05, 0) is 44.9 Å². The molecule has 0 bridgehead atoms. The number of nitrogens with one attached hydrogen (secondary N) is 2. The minimum Gasteiger partial charge on any atom is -0.348 e. The smallest absolute Gasteiger partial charge is 0.256 e. The zero-order valence-corrected chi connectivity index (χ0v) is 22.3. The first-order valence-electron chi connectivity index (χ1n) is 12.4. The number of anilines is 2. The number of likely N-dealkylation sites (tertiary alicyclic amines) is 1. The highest BCUT2D eigenvalue weighted by Gasteiger charge is 2.38. The summed E-state index contributed by atoms with van der Waals surface area (Å²) in [5.74, 6) is -7.07. The average molecular weight is 539 g/mol. The monoisotopic (exact) mass is 538 g/mol. The summed E-state index contributed by atoms with van der Waals surface area (Å²) in [7, 11) is 0. The third-order valence-electron chi connectivity index (χ3n) is 5.90. The van der Waals surface area contributed by atoms with Crippen LogP contribution in [0.4, 0.5) is 24.7 Å². The van der Waals surface area contributed by atoms with Crippen LogP contribution in [-0.2, 0) is 19.1 Å². The van der Waals surface area contributed by atoms with Gasteiger partial charge in [-0.2, -0.15) is 0 Å². The molecule has 0 spiro atoms. The minimum absolute atomic E-state index is 0.00797. The number of aromatic nitrogens is 1. The predicted molar refractivity (Wildman–Crippen MR) is 133 cm³/mol. The Balaban J connectivity index is 0.00000195. The molecule has 2 saturated heterocycles. The maximum atomic E-state index is 14.7. The molecule has 1 unspecified atom stereocenters. The molecule has 38 heavy (non-hydrogen) atoms. The van der Waals surface area contributed by atoms with Gasteiger partial charge in [0.05, 0.1) is 23.8 Å². The summed E-state index contributed by atoms with van der Waals surface area (Å²) in [4.78, 5) is 35.9. The van der Waals surface area contributed by atoms with Gasteiger partial charge in [0.25, 0.3) is 5.91 Å². The van der Waals surface area contributed by atoms with Gasteiger partial charge in [-0.3, -0.25) is 14.4 Å². The second-order valence-corrected chi connectivity index (χ2v) is 9.35. The van der Waals surface area contributed by atoms with Crippen molar-refractivity contribution in [2.24, 2.45) is 5.92 Å². The molecule has 2 aromatic rings. The Morgan fingerprint density at radius 3 is 2.45 bits per heavy atom. The molecule has 9 nitrogen and oxygen atoms in total. The number of nitrogens with zero attached hydrogens (tertiary/aromatic N) is 2. The molecule has 208 valence electrons. The lowest BCUT2D eigenvalue weighted by Gasteiger charge is -2.38. The van der Waals surface area contributed by atoms with E-state index in [1.54, 1.807) is 26.8 Å². The van der Waals surface area contributed by atoms with Gasteiger partial charge in [0.1, 0.15) is 18.5 Å². The molecule has 1 aromatic carbocycles. The molecule has 0 saturated carbocycles. The number of amides is 2. The van der Waals surface area contributed by atoms with Crippen LogP contribution in [-0.4, -0.2) is 59.9 Å². The number of rotatable bonds is 7. The first kappa shape index (κ1) is 29.3. The fourth-order valence-corrected chi connectivity index (χ4v) is 3.97. The molecule has 4 rings (SSSR count). The zero-order valence-electron chi connectivity index (χ0n) is 22.3. The van der Waals surface area contributed by atoms with E-state index in [1.807, 2.05) is 20.8 Å². The van der Waals surface area contributed by atoms with E-state index in [-0.39, 0.29) is 31.6 Å². The Kier molecular flexibility index (Phi) is 9.34. The van der Waals surface area contributed by atoms with Crippen molar-refractivity contribution in [3.8, 4) is 0 Å². The molecule has 0 radical (unpaired) electrons. The highest BCUT2D eigenvalue weighted by atomic mass is 19.2. The highest BCUT2D eigenvalue weighted by molar-refractivity contribution is 6.01. The van der Waals surface area contributed by atoms with Gasteiger partial charge in [-0.1, -0.05) is 19.9 Å². The van der Waals surface area contributed by atoms with E-state index in [1.165, 1.54) is 11.1 Å². The second-order valence-electron chi connectivity index (χ2n) is 9.35. The van der Waals surface area contributed by atoms with Gasteiger partial charge >= 0.3 is 0 Å². The maximum Gasteiger partial charge on any atom is 0.256 e. The number of hydroxylamine groups is 1. The molecule has 12 heteroatoms. The normalized spacial score (nSPS) is 18.3. The van der Waals surface area contributed by atoms with E-state index >= 15 is 0 Å². The van der Waals surface area contributed by atoms with Gasteiger partial charge in [-0.15, -0.1) is 0 Å². The lowest BCUT2D eigenvalue weighted by atomic mass is 9.97. The standard InChI is InChI=1S/C24H27F3N4O5.C2H6/c1-12-5-13(2)21(28-7-12)29-20-16(6-17(25)18(26)19(20)27)23(33)31-8-14(9-31)22(32)30-35-11-15-10-34-24(3,4)36-15;1-2/h5-7,14-15H,8-11H2,1-4H3,(H,28,29)(H,30,32);1-2H3. The van der Waals surface area contributed by atoms with Crippen LogP contribution in [0.5, 0.6) is 0 Å². The number of halogens is 3. The highest BCUT2D eigenvalue weighted by Crippen LogP contribution is 2.31. The number of hydrogen-bond donors (Lipinski definition) is 2. The number of ether oxygens (including phenoxy) is 2. The number of benzene rings is 1. The summed E-state index contributed by atoms with van der Waals surface area (Å²) in [5.41, 5.74) is 2.84. The predicted octanol–water partition coefficient (Wildman–Crippen LogP) is 4.16. The first-order chi connectivity index (χ1) is 17.9.